The van der Waals surface area contributed by atoms with Gasteiger partial charge in [-0.15, -0.1) is 0 Å². The second-order valence-corrected chi connectivity index (χ2v) is 7.62. The summed E-state index contributed by atoms with van der Waals surface area (Å²) in [4.78, 5) is 18.6. The van der Waals surface area contributed by atoms with Gasteiger partial charge in [-0.05, 0) is 35.7 Å². The molecule has 0 saturated heterocycles. The highest BCUT2D eigenvalue weighted by molar-refractivity contribution is 5.77. The maximum Gasteiger partial charge on any atom is 0.248 e. The van der Waals surface area contributed by atoms with E-state index >= 15 is 0 Å². The molecule has 4 aromatic rings. The van der Waals surface area contributed by atoms with Crippen molar-refractivity contribution in [1.29, 1.82) is 0 Å². The number of rotatable bonds is 8. The fourth-order valence-electron chi connectivity index (χ4n) is 3.58. The van der Waals surface area contributed by atoms with Gasteiger partial charge in [0.25, 0.3) is 0 Å². The monoisotopic (exact) mass is 426 g/mol. The van der Waals surface area contributed by atoms with Gasteiger partial charge in [0.2, 0.25) is 5.91 Å². The lowest BCUT2D eigenvalue weighted by molar-refractivity contribution is -0.138. The van der Waals surface area contributed by atoms with Crippen LogP contribution in [0.5, 0.6) is 0 Å². The number of hydrogen-bond acceptors (Lipinski definition) is 4. The third kappa shape index (κ3) is 4.92. The summed E-state index contributed by atoms with van der Waals surface area (Å²) in [7, 11) is 1.81. The van der Waals surface area contributed by atoms with Crippen LogP contribution in [-0.2, 0) is 9.53 Å². The zero-order chi connectivity index (χ0) is 22.3. The van der Waals surface area contributed by atoms with Crippen LogP contribution in [0.1, 0.15) is 35.8 Å². The molecule has 0 aliphatic rings. The lowest BCUT2D eigenvalue weighted by Crippen LogP contribution is -2.33. The second kappa shape index (κ2) is 10.0. The molecule has 1 atom stereocenters. The van der Waals surface area contributed by atoms with Gasteiger partial charge in [-0.2, -0.15) is 5.10 Å². The van der Waals surface area contributed by atoms with Crippen LogP contribution in [-0.4, -0.2) is 39.2 Å². The third-order valence-corrected chi connectivity index (χ3v) is 5.61. The van der Waals surface area contributed by atoms with Crippen LogP contribution in [0.4, 0.5) is 0 Å². The van der Waals surface area contributed by atoms with E-state index in [9.17, 15) is 4.79 Å². The Labute approximate surface area is 188 Å². The fraction of sp³-hybridized carbons (Fsp3) is 0.192. The standard InChI is InChI=1S/C26H26N4O2/c1-20(21-13-15-24(16-14-21)30-19-27-18-28-30)29(2)25(31)17-32-26(22-9-5-3-6-10-22)23-11-7-4-8-12-23/h3-16,18-20,26H,17H2,1-2H3. The first-order chi connectivity index (χ1) is 15.6. The molecule has 4 rings (SSSR count). The summed E-state index contributed by atoms with van der Waals surface area (Å²) in [6.07, 6.45) is 2.86. The van der Waals surface area contributed by atoms with E-state index in [0.717, 1.165) is 22.4 Å². The van der Waals surface area contributed by atoms with Gasteiger partial charge >= 0.3 is 0 Å². The number of amides is 1. The van der Waals surface area contributed by atoms with Crippen molar-refractivity contribution in [2.24, 2.45) is 0 Å². The third-order valence-electron chi connectivity index (χ3n) is 5.61. The Morgan fingerprint density at radius 3 is 2.03 bits per heavy atom. The summed E-state index contributed by atoms with van der Waals surface area (Å²) in [5.74, 6) is -0.0743. The van der Waals surface area contributed by atoms with E-state index in [2.05, 4.69) is 10.1 Å². The minimum absolute atomic E-state index is 0.00760. The van der Waals surface area contributed by atoms with Gasteiger partial charge in [0.1, 0.15) is 25.4 Å². The first-order valence-corrected chi connectivity index (χ1v) is 10.6. The number of hydrogen-bond donors (Lipinski definition) is 0. The van der Waals surface area contributed by atoms with Crippen LogP contribution >= 0.6 is 0 Å². The largest absolute Gasteiger partial charge is 0.359 e. The van der Waals surface area contributed by atoms with Crippen LogP contribution < -0.4 is 0 Å². The summed E-state index contributed by atoms with van der Waals surface area (Å²) in [6.45, 7) is 2.00. The molecule has 6 nitrogen and oxygen atoms in total. The van der Waals surface area contributed by atoms with E-state index in [1.165, 1.54) is 6.33 Å². The van der Waals surface area contributed by atoms with Gasteiger partial charge in [-0.3, -0.25) is 4.79 Å². The zero-order valence-corrected chi connectivity index (χ0v) is 18.2. The minimum atomic E-state index is -0.299. The van der Waals surface area contributed by atoms with E-state index in [4.69, 9.17) is 4.74 Å². The number of carbonyl (C=O) groups excluding carboxylic acids is 1. The highest BCUT2D eigenvalue weighted by Gasteiger charge is 2.21. The molecule has 32 heavy (non-hydrogen) atoms. The van der Waals surface area contributed by atoms with Gasteiger partial charge in [0.15, 0.2) is 0 Å². The van der Waals surface area contributed by atoms with E-state index in [1.807, 2.05) is 98.9 Å². The van der Waals surface area contributed by atoms with Crippen LogP contribution in [0.3, 0.4) is 0 Å². The molecule has 1 heterocycles. The van der Waals surface area contributed by atoms with Crippen molar-refractivity contribution >= 4 is 5.91 Å². The molecular formula is C26H26N4O2. The lowest BCUT2D eigenvalue weighted by atomic mass is 10.0. The Morgan fingerprint density at radius 2 is 1.50 bits per heavy atom. The molecule has 0 bridgehead atoms. The fourth-order valence-corrected chi connectivity index (χ4v) is 3.58. The Bertz CT molecular complexity index is 1070. The average molecular weight is 427 g/mol. The zero-order valence-electron chi connectivity index (χ0n) is 18.2. The number of likely N-dealkylation sites (N-methyl/N-ethyl adjacent to an activating group) is 1. The quantitative estimate of drug-likeness (QED) is 0.413. The number of ether oxygens (including phenoxy) is 1. The predicted molar refractivity (Wildman–Crippen MR) is 123 cm³/mol. The van der Waals surface area contributed by atoms with Gasteiger partial charge < -0.3 is 9.64 Å². The van der Waals surface area contributed by atoms with Crippen molar-refractivity contribution in [3.63, 3.8) is 0 Å². The minimum Gasteiger partial charge on any atom is -0.359 e. The van der Waals surface area contributed by atoms with Crippen LogP contribution in [0, 0.1) is 0 Å². The van der Waals surface area contributed by atoms with E-state index in [1.54, 1.807) is 15.9 Å². The van der Waals surface area contributed by atoms with Crippen molar-refractivity contribution in [2.75, 3.05) is 13.7 Å². The van der Waals surface area contributed by atoms with Crippen LogP contribution in [0.15, 0.2) is 97.6 Å². The molecule has 1 amide bonds. The summed E-state index contributed by atoms with van der Waals surface area (Å²) in [5.41, 5.74) is 3.99. The maximum atomic E-state index is 13.0. The molecule has 0 aliphatic carbocycles. The number of nitrogens with zero attached hydrogens (tertiary/aromatic N) is 4. The van der Waals surface area contributed by atoms with Crippen LogP contribution in [0.2, 0.25) is 0 Å². The van der Waals surface area contributed by atoms with E-state index in [0.29, 0.717) is 0 Å². The van der Waals surface area contributed by atoms with E-state index < -0.39 is 0 Å². The highest BCUT2D eigenvalue weighted by Crippen LogP contribution is 2.26. The normalized spacial score (nSPS) is 12.0. The predicted octanol–water partition coefficient (Wildman–Crippen LogP) is 4.59. The molecule has 1 aromatic heterocycles. The van der Waals surface area contributed by atoms with E-state index in [-0.39, 0.29) is 24.7 Å². The van der Waals surface area contributed by atoms with Gasteiger partial charge in [-0.1, -0.05) is 72.8 Å². The molecule has 162 valence electrons. The Hall–Kier alpha value is -3.77. The first-order valence-electron chi connectivity index (χ1n) is 10.6. The topological polar surface area (TPSA) is 60.2 Å². The highest BCUT2D eigenvalue weighted by atomic mass is 16.5. The molecule has 1 unspecified atom stereocenters. The molecule has 0 spiro atoms. The number of carbonyl (C=O) groups is 1. The summed E-state index contributed by atoms with van der Waals surface area (Å²) in [6, 6.07) is 27.8. The summed E-state index contributed by atoms with van der Waals surface area (Å²) >= 11 is 0. The molecule has 6 heteroatoms. The van der Waals surface area contributed by atoms with Crippen molar-refractivity contribution in [3.05, 3.63) is 114 Å². The van der Waals surface area contributed by atoms with Crippen molar-refractivity contribution < 1.29 is 9.53 Å². The molecule has 0 aliphatic heterocycles. The maximum absolute atomic E-state index is 13.0. The molecule has 0 saturated carbocycles. The summed E-state index contributed by atoms with van der Waals surface area (Å²) in [5, 5.41) is 4.14. The Kier molecular flexibility index (Phi) is 6.72. The average Bonchev–Trinajstić information content (AvgIpc) is 3.40. The van der Waals surface area contributed by atoms with Crippen molar-refractivity contribution in [3.8, 4) is 5.69 Å². The number of aromatic nitrogens is 3. The molecule has 3 aromatic carbocycles. The van der Waals surface area contributed by atoms with Crippen LogP contribution in [0.25, 0.3) is 5.69 Å². The lowest BCUT2D eigenvalue weighted by Gasteiger charge is -2.27. The summed E-state index contributed by atoms with van der Waals surface area (Å²) < 4.78 is 7.84. The Balaban J connectivity index is 1.43. The van der Waals surface area contributed by atoms with Gasteiger partial charge in [-0.25, -0.2) is 9.67 Å². The van der Waals surface area contributed by atoms with Crippen molar-refractivity contribution in [2.45, 2.75) is 19.1 Å². The molecule has 0 N–H and O–H groups in total. The molecule has 0 fully saturated rings. The smallest absolute Gasteiger partial charge is 0.248 e. The Morgan fingerprint density at radius 1 is 0.906 bits per heavy atom. The van der Waals surface area contributed by atoms with Gasteiger partial charge in [0.05, 0.1) is 11.7 Å². The molecule has 0 radical (unpaired) electrons. The second-order valence-electron chi connectivity index (χ2n) is 7.62. The van der Waals surface area contributed by atoms with Crippen molar-refractivity contribution in [1.82, 2.24) is 19.7 Å². The van der Waals surface area contributed by atoms with Gasteiger partial charge in [0, 0.05) is 7.05 Å². The SMILES string of the molecule is CC(c1ccc(-n2cncn2)cc1)N(C)C(=O)COC(c1ccccc1)c1ccccc1. The molecular weight excluding hydrogens is 400 g/mol. The number of benzene rings is 3. The first kappa shape index (κ1) is 21.5.